The molecule has 0 radical (unpaired) electrons. The molecule has 2 bridgehead atoms. The second-order valence-electron chi connectivity index (χ2n) is 8.17. The first-order valence-corrected chi connectivity index (χ1v) is 10.8. The Hall–Kier alpha value is -2.31. The molecule has 2 N–H and O–H groups in total. The average molecular weight is 448 g/mol. The molecule has 1 aromatic heterocycles. The van der Waals surface area contributed by atoms with Crippen molar-refractivity contribution in [1.29, 1.82) is 0 Å². The van der Waals surface area contributed by atoms with E-state index in [4.69, 9.17) is 27.9 Å². The molecule has 0 unspecified atom stereocenters. The number of nitrogens with zero attached hydrogens (tertiary/aromatic N) is 1. The van der Waals surface area contributed by atoms with E-state index in [0.717, 1.165) is 38.5 Å². The van der Waals surface area contributed by atoms with Crippen LogP contribution in [0.1, 0.15) is 48.9 Å². The van der Waals surface area contributed by atoms with Crippen molar-refractivity contribution in [2.24, 2.45) is 0 Å². The van der Waals surface area contributed by atoms with E-state index in [1.165, 1.54) is 0 Å². The van der Waals surface area contributed by atoms with Gasteiger partial charge in [-0.1, -0.05) is 23.2 Å². The molecule has 1 heterocycles. The number of hydrogen-bond acceptors (Lipinski definition) is 4. The van der Waals surface area contributed by atoms with Crippen molar-refractivity contribution in [1.82, 2.24) is 15.6 Å². The van der Waals surface area contributed by atoms with Gasteiger partial charge in [-0.2, -0.15) is 0 Å². The third kappa shape index (κ3) is 4.55. The third-order valence-electron chi connectivity index (χ3n) is 6.21. The second kappa shape index (κ2) is 8.44. The molecular weight excluding hydrogens is 425 g/mol. The van der Waals surface area contributed by atoms with Crippen molar-refractivity contribution in [3.63, 3.8) is 0 Å². The number of rotatable bonds is 6. The maximum absolute atomic E-state index is 12.6. The van der Waals surface area contributed by atoms with Crippen LogP contribution >= 0.6 is 23.2 Å². The quantitative estimate of drug-likeness (QED) is 0.696. The van der Waals surface area contributed by atoms with E-state index in [2.05, 4.69) is 15.6 Å². The molecule has 3 aliphatic carbocycles. The molecule has 0 atom stereocenters. The van der Waals surface area contributed by atoms with E-state index in [1.807, 2.05) is 0 Å². The maximum Gasteiger partial charge on any atom is 0.258 e. The Morgan fingerprint density at radius 1 is 0.967 bits per heavy atom. The number of benzene rings is 1. The van der Waals surface area contributed by atoms with Crippen LogP contribution in [0.4, 0.5) is 0 Å². The molecule has 0 aliphatic heterocycles. The van der Waals surface area contributed by atoms with Crippen LogP contribution in [0.3, 0.4) is 0 Å². The molecule has 2 amide bonds. The third-order valence-corrected chi connectivity index (χ3v) is 6.95. The van der Waals surface area contributed by atoms with Gasteiger partial charge < -0.3 is 15.4 Å². The summed E-state index contributed by atoms with van der Waals surface area (Å²) in [6.07, 6.45) is 8.25. The van der Waals surface area contributed by atoms with Crippen molar-refractivity contribution >= 4 is 35.0 Å². The van der Waals surface area contributed by atoms with Gasteiger partial charge in [-0.15, -0.1) is 0 Å². The molecule has 158 valence electrons. The summed E-state index contributed by atoms with van der Waals surface area (Å²) in [5.74, 6) is 0.257. The van der Waals surface area contributed by atoms with Crippen LogP contribution < -0.4 is 15.4 Å². The molecule has 3 aliphatic rings. The van der Waals surface area contributed by atoms with Crippen molar-refractivity contribution in [2.75, 3.05) is 6.61 Å². The molecule has 3 fully saturated rings. The first-order chi connectivity index (χ1) is 14.4. The number of carbonyl (C=O) groups excluding carboxylic acids is 2. The lowest BCUT2D eigenvalue weighted by Gasteiger charge is -2.53. The number of pyridine rings is 1. The topological polar surface area (TPSA) is 80.3 Å². The Kier molecular flexibility index (Phi) is 5.89. The van der Waals surface area contributed by atoms with Gasteiger partial charge in [-0.05, 0) is 62.8 Å². The van der Waals surface area contributed by atoms with Crippen LogP contribution in [-0.4, -0.2) is 34.5 Å². The smallest absolute Gasteiger partial charge is 0.258 e. The zero-order valence-electron chi connectivity index (χ0n) is 16.4. The minimum Gasteiger partial charge on any atom is -0.484 e. The van der Waals surface area contributed by atoms with Crippen molar-refractivity contribution in [3.8, 4) is 5.75 Å². The van der Waals surface area contributed by atoms with Crippen molar-refractivity contribution in [3.05, 3.63) is 58.3 Å². The van der Waals surface area contributed by atoms with Crippen LogP contribution in [-0.2, 0) is 4.79 Å². The number of ether oxygens (including phenoxy) is 1. The van der Waals surface area contributed by atoms with Crippen LogP contribution in [0.15, 0.2) is 42.7 Å². The van der Waals surface area contributed by atoms with E-state index in [-0.39, 0.29) is 29.5 Å². The summed E-state index contributed by atoms with van der Waals surface area (Å²) >= 11 is 11.9. The standard InChI is InChI=1S/C22H23Cl2N3O3/c23-17-4-3-16(12-18(17)24)30-14-19(28)26-21-5-8-22(9-6-21,10-7-21)27-20(29)15-2-1-11-25-13-15/h1-4,11-13H,5-10,14H2,(H,26,28)(H,27,29). The molecule has 5 rings (SSSR count). The van der Waals surface area contributed by atoms with Crippen LogP contribution in [0, 0.1) is 0 Å². The van der Waals surface area contributed by atoms with Gasteiger partial charge in [0, 0.05) is 29.5 Å². The van der Waals surface area contributed by atoms with E-state index >= 15 is 0 Å². The molecule has 0 saturated heterocycles. The molecular formula is C22H23Cl2N3O3. The van der Waals surface area contributed by atoms with Crippen molar-refractivity contribution in [2.45, 2.75) is 49.6 Å². The predicted octanol–water partition coefficient (Wildman–Crippen LogP) is 4.16. The van der Waals surface area contributed by atoms with Crippen molar-refractivity contribution < 1.29 is 14.3 Å². The van der Waals surface area contributed by atoms with Gasteiger partial charge in [0.1, 0.15) is 5.75 Å². The molecule has 30 heavy (non-hydrogen) atoms. The normalized spacial score (nSPS) is 24.9. The maximum atomic E-state index is 12.6. The number of carbonyl (C=O) groups is 2. The Morgan fingerprint density at radius 3 is 2.23 bits per heavy atom. The number of amides is 2. The molecule has 8 heteroatoms. The Balaban J connectivity index is 1.30. The number of aromatic nitrogens is 1. The van der Waals surface area contributed by atoms with Crippen LogP contribution in [0.5, 0.6) is 5.75 Å². The lowest BCUT2D eigenvalue weighted by atomic mass is 9.61. The minimum atomic E-state index is -0.223. The van der Waals surface area contributed by atoms with E-state index in [9.17, 15) is 9.59 Å². The summed E-state index contributed by atoms with van der Waals surface area (Å²) in [6, 6.07) is 8.44. The van der Waals surface area contributed by atoms with Gasteiger partial charge in [0.15, 0.2) is 6.61 Å². The SMILES string of the molecule is O=C(COc1ccc(Cl)c(Cl)c1)NC12CCC(NC(=O)c3cccnc3)(CC1)CC2. The summed E-state index contributed by atoms with van der Waals surface area (Å²) in [7, 11) is 0. The highest BCUT2D eigenvalue weighted by molar-refractivity contribution is 6.42. The highest BCUT2D eigenvalue weighted by Crippen LogP contribution is 2.47. The highest BCUT2D eigenvalue weighted by Gasteiger charge is 2.49. The fraction of sp³-hybridized carbons (Fsp3) is 0.409. The minimum absolute atomic E-state index is 0.0808. The summed E-state index contributed by atoms with van der Waals surface area (Å²) in [5.41, 5.74) is 0.150. The Labute approximate surface area is 185 Å². The van der Waals surface area contributed by atoms with Crippen LogP contribution in [0.2, 0.25) is 10.0 Å². The van der Waals surface area contributed by atoms with E-state index < -0.39 is 0 Å². The average Bonchev–Trinajstić information content (AvgIpc) is 2.76. The van der Waals surface area contributed by atoms with Crippen LogP contribution in [0.25, 0.3) is 0 Å². The molecule has 6 nitrogen and oxygen atoms in total. The fourth-order valence-corrected chi connectivity index (χ4v) is 4.71. The summed E-state index contributed by atoms with van der Waals surface area (Å²) in [6.45, 7) is -0.0808. The summed E-state index contributed by atoms with van der Waals surface area (Å²) < 4.78 is 5.55. The molecule has 1 aromatic carbocycles. The molecule has 2 aromatic rings. The van der Waals surface area contributed by atoms with Gasteiger partial charge in [0.2, 0.25) is 0 Å². The lowest BCUT2D eigenvalue weighted by Crippen LogP contribution is -2.64. The monoisotopic (exact) mass is 447 g/mol. The number of nitrogens with one attached hydrogen (secondary N) is 2. The number of halogens is 2. The zero-order chi connectivity index (χ0) is 21.2. The first-order valence-electron chi connectivity index (χ1n) is 10.0. The van der Waals surface area contributed by atoms with Gasteiger partial charge >= 0.3 is 0 Å². The molecule has 3 saturated carbocycles. The number of fused-ring (bicyclic) bond motifs is 3. The largest absolute Gasteiger partial charge is 0.484 e. The number of hydrogen-bond donors (Lipinski definition) is 2. The summed E-state index contributed by atoms with van der Waals surface area (Å²) in [4.78, 5) is 29.1. The second-order valence-corrected chi connectivity index (χ2v) is 8.98. The predicted molar refractivity (Wildman–Crippen MR) is 115 cm³/mol. The Bertz CT molecular complexity index is 927. The van der Waals surface area contributed by atoms with Gasteiger partial charge in [-0.25, -0.2) is 0 Å². The highest BCUT2D eigenvalue weighted by atomic mass is 35.5. The van der Waals surface area contributed by atoms with Gasteiger partial charge in [-0.3, -0.25) is 14.6 Å². The zero-order valence-corrected chi connectivity index (χ0v) is 17.9. The Morgan fingerprint density at radius 2 is 1.63 bits per heavy atom. The lowest BCUT2D eigenvalue weighted by molar-refractivity contribution is -0.126. The van der Waals surface area contributed by atoms with E-state index in [1.54, 1.807) is 42.7 Å². The summed E-state index contributed by atoms with van der Waals surface area (Å²) in [5, 5.41) is 7.22. The van der Waals surface area contributed by atoms with Gasteiger partial charge in [0.25, 0.3) is 11.8 Å². The van der Waals surface area contributed by atoms with Gasteiger partial charge in [0.05, 0.1) is 15.6 Å². The van der Waals surface area contributed by atoms with E-state index in [0.29, 0.717) is 21.4 Å². The first kappa shape index (κ1) is 20.9. The fourth-order valence-electron chi connectivity index (χ4n) is 4.42. The molecule has 0 spiro atoms.